The number of nitro groups is 1. The summed E-state index contributed by atoms with van der Waals surface area (Å²) in [4.78, 5) is 22.3. The summed E-state index contributed by atoms with van der Waals surface area (Å²) in [7, 11) is 0. The number of hydrogen-bond donors (Lipinski definition) is 1. The van der Waals surface area contributed by atoms with Gasteiger partial charge in [-0.15, -0.1) is 0 Å². The van der Waals surface area contributed by atoms with Crippen molar-refractivity contribution in [1.29, 1.82) is 0 Å². The molecule has 0 radical (unpaired) electrons. The summed E-state index contributed by atoms with van der Waals surface area (Å²) >= 11 is 0. The quantitative estimate of drug-likeness (QED) is 0.452. The van der Waals surface area contributed by atoms with Crippen LogP contribution in [0.1, 0.15) is 21.7 Å². The largest absolute Gasteiger partial charge is 0.451 e. The Morgan fingerprint density at radius 3 is 2.58 bits per heavy atom. The zero-order valence-electron chi connectivity index (χ0n) is 12.7. The molecule has 120 valence electrons. The lowest BCUT2D eigenvalue weighted by atomic mass is 10.1. The van der Waals surface area contributed by atoms with E-state index in [9.17, 15) is 14.9 Å². The Bertz CT molecular complexity index is 942. The second-order valence-electron chi connectivity index (χ2n) is 5.10. The van der Waals surface area contributed by atoms with Crippen LogP contribution in [-0.2, 0) is 0 Å². The zero-order chi connectivity index (χ0) is 17.1. The highest BCUT2D eigenvalue weighted by molar-refractivity contribution is 5.99. The molecule has 0 atom stereocenters. The molecular formula is C17H13N3O4. The molecule has 0 unspecified atom stereocenters. The molecule has 3 aromatic rings. The number of aryl methyl sites for hydroxylation is 1. The molecule has 0 aliphatic rings. The molecular weight excluding hydrogens is 310 g/mol. The summed E-state index contributed by atoms with van der Waals surface area (Å²) in [5.41, 5.74) is 4.39. The maximum Gasteiger partial charge on any atom is 0.307 e. The molecule has 0 aliphatic carbocycles. The van der Waals surface area contributed by atoms with Crippen LogP contribution < -0.4 is 5.43 Å². The molecule has 24 heavy (non-hydrogen) atoms. The maximum absolute atomic E-state index is 12.2. The van der Waals surface area contributed by atoms with E-state index in [4.69, 9.17) is 4.42 Å². The molecule has 1 heterocycles. The van der Waals surface area contributed by atoms with Crippen LogP contribution >= 0.6 is 0 Å². The Morgan fingerprint density at radius 1 is 1.21 bits per heavy atom. The van der Waals surface area contributed by atoms with Crippen molar-refractivity contribution in [2.45, 2.75) is 6.92 Å². The number of hydrazone groups is 1. The number of hydrogen-bond acceptors (Lipinski definition) is 5. The molecule has 3 rings (SSSR count). The minimum atomic E-state index is -0.479. The van der Waals surface area contributed by atoms with Gasteiger partial charge in [-0.25, -0.2) is 5.43 Å². The van der Waals surface area contributed by atoms with Crippen molar-refractivity contribution in [2.75, 3.05) is 0 Å². The number of furan rings is 1. The molecule has 0 bridgehead atoms. The van der Waals surface area contributed by atoms with Crippen LogP contribution in [0.5, 0.6) is 0 Å². The molecule has 7 heteroatoms. The van der Waals surface area contributed by atoms with Crippen molar-refractivity contribution < 1.29 is 14.1 Å². The number of para-hydroxylation sites is 1. The van der Waals surface area contributed by atoms with Crippen LogP contribution in [0, 0.1) is 17.0 Å². The second kappa shape index (κ2) is 6.33. The van der Waals surface area contributed by atoms with Gasteiger partial charge < -0.3 is 4.42 Å². The minimum Gasteiger partial charge on any atom is -0.451 e. The normalized spacial score (nSPS) is 11.0. The van der Waals surface area contributed by atoms with Gasteiger partial charge in [0.2, 0.25) is 0 Å². The summed E-state index contributed by atoms with van der Waals surface area (Å²) < 4.78 is 5.54. The summed E-state index contributed by atoms with van der Waals surface area (Å²) in [5, 5.41) is 15.3. The number of fused-ring (bicyclic) bond motifs is 1. The second-order valence-corrected chi connectivity index (χ2v) is 5.10. The third kappa shape index (κ3) is 3.00. The van der Waals surface area contributed by atoms with E-state index in [1.807, 2.05) is 18.2 Å². The van der Waals surface area contributed by atoms with E-state index in [1.54, 1.807) is 25.1 Å². The average molecular weight is 323 g/mol. The first-order valence-electron chi connectivity index (χ1n) is 7.12. The molecule has 1 aromatic heterocycles. The highest BCUT2D eigenvalue weighted by Gasteiger charge is 2.16. The van der Waals surface area contributed by atoms with Crippen molar-refractivity contribution in [3.05, 3.63) is 75.5 Å². The first-order valence-corrected chi connectivity index (χ1v) is 7.12. The van der Waals surface area contributed by atoms with Crippen molar-refractivity contribution in [1.82, 2.24) is 5.43 Å². The molecule has 7 nitrogen and oxygen atoms in total. The predicted molar refractivity (Wildman–Crippen MR) is 89.1 cm³/mol. The van der Waals surface area contributed by atoms with E-state index in [0.717, 1.165) is 10.9 Å². The smallest absolute Gasteiger partial charge is 0.307 e. The number of non-ortho nitro benzene ring substituents is 1. The number of carbonyl (C=O) groups is 1. The SMILES string of the molecule is Cc1c(C(=O)N/N=C\c2ccc([N+](=O)[O-])cc2)oc2ccccc12. The Morgan fingerprint density at radius 2 is 1.92 bits per heavy atom. The Hall–Kier alpha value is -3.48. The number of carbonyl (C=O) groups excluding carboxylic acids is 1. The van der Waals surface area contributed by atoms with Gasteiger partial charge in [0, 0.05) is 23.1 Å². The predicted octanol–water partition coefficient (Wildman–Crippen LogP) is 3.41. The fourth-order valence-corrected chi connectivity index (χ4v) is 2.29. The van der Waals surface area contributed by atoms with E-state index < -0.39 is 10.8 Å². The number of benzene rings is 2. The fraction of sp³-hybridized carbons (Fsp3) is 0.0588. The Balaban J connectivity index is 1.72. The highest BCUT2D eigenvalue weighted by atomic mass is 16.6. The lowest BCUT2D eigenvalue weighted by molar-refractivity contribution is -0.384. The van der Waals surface area contributed by atoms with Crippen molar-refractivity contribution in [3.8, 4) is 0 Å². The Labute approximate surface area is 136 Å². The summed E-state index contributed by atoms with van der Waals surface area (Å²) in [5.74, 6) is -0.251. The number of rotatable bonds is 4. The van der Waals surface area contributed by atoms with E-state index in [2.05, 4.69) is 10.5 Å². The molecule has 0 saturated carbocycles. The molecule has 0 spiro atoms. The number of nitrogens with one attached hydrogen (secondary N) is 1. The summed E-state index contributed by atoms with van der Waals surface area (Å²) in [6.45, 7) is 1.81. The van der Waals surface area contributed by atoms with Crippen molar-refractivity contribution >= 4 is 28.8 Å². The monoisotopic (exact) mass is 323 g/mol. The van der Waals surface area contributed by atoms with E-state index in [1.165, 1.54) is 18.3 Å². The van der Waals surface area contributed by atoms with E-state index in [-0.39, 0.29) is 11.4 Å². The third-order valence-corrected chi connectivity index (χ3v) is 3.53. The molecule has 0 aliphatic heterocycles. The van der Waals surface area contributed by atoms with E-state index in [0.29, 0.717) is 11.1 Å². The van der Waals surface area contributed by atoms with Gasteiger partial charge in [0.15, 0.2) is 5.76 Å². The van der Waals surface area contributed by atoms with Crippen LogP contribution in [0.3, 0.4) is 0 Å². The molecule has 0 fully saturated rings. The topological polar surface area (TPSA) is 97.7 Å². The van der Waals surface area contributed by atoms with Gasteiger partial charge in [-0.1, -0.05) is 18.2 Å². The highest BCUT2D eigenvalue weighted by Crippen LogP contribution is 2.24. The standard InChI is InChI=1S/C17H13N3O4/c1-11-14-4-2-3-5-15(14)24-16(11)17(21)19-18-10-12-6-8-13(9-7-12)20(22)23/h2-10H,1H3,(H,19,21)/b18-10-. The number of nitro benzene ring substituents is 1. The Kier molecular flexibility index (Phi) is 4.07. The minimum absolute atomic E-state index is 0.00548. The van der Waals surface area contributed by atoms with Crippen LogP contribution in [0.15, 0.2) is 58.0 Å². The molecule has 2 aromatic carbocycles. The summed E-state index contributed by atoms with van der Waals surface area (Å²) in [6.07, 6.45) is 1.40. The van der Waals surface area contributed by atoms with Gasteiger partial charge >= 0.3 is 5.91 Å². The lowest BCUT2D eigenvalue weighted by Gasteiger charge is -1.97. The van der Waals surface area contributed by atoms with Crippen LogP contribution in [0.4, 0.5) is 5.69 Å². The van der Waals surface area contributed by atoms with Gasteiger partial charge in [0.05, 0.1) is 11.1 Å². The maximum atomic E-state index is 12.2. The first-order chi connectivity index (χ1) is 11.6. The van der Waals surface area contributed by atoms with Crippen molar-refractivity contribution in [3.63, 3.8) is 0 Å². The van der Waals surface area contributed by atoms with Gasteiger partial charge in [-0.05, 0) is 30.7 Å². The van der Waals surface area contributed by atoms with E-state index >= 15 is 0 Å². The third-order valence-electron chi connectivity index (χ3n) is 3.53. The summed E-state index contributed by atoms with van der Waals surface area (Å²) in [6, 6.07) is 13.2. The van der Waals surface area contributed by atoms with Crippen LogP contribution in [0.25, 0.3) is 11.0 Å². The first kappa shape index (κ1) is 15.4. The van der Waals surface area contributed by atoms with Gasteiger partial charge in [-0.3, -0.25) is 14.9 Å². The van der Waals surface area contributed by atoms with Crippen LogP contribution in [0.2, 0.25) is 0 Å². The average Bonchev–Trinajstić information content (AvgIpc) is 2.93. The fourth-order valence-electron chi connectivity index (χ4n) is 2.29. The van der Waals surface area contributed by atoms with Gasteiger partial charge in [0.25, 0.3) is 5.69 Å². The molecule has 1 N–H and O–H groups in total. The number of nitrogens with zero attached hydrogens (tertiary/aromatic N) is 2. The van der Waals surface area contributed by atoms with Crippen molar-refractivity contribution in [2.24, 2.45) is 5.10 Å². The zero-order valence-corrected chi connectivity index (χ0v) is 12.7. The van der Waals surface area contributed by atoms with Crippen LogP contribution in [-0.4, -0.2) is 17.0 Å². The molecule has 0 saturated heterocycles. The van der Waals surface area contributed by atoms with Gasteiger partial charge in [0.1, 0.15) is 5.58 Å². The van der Waals surface area contributed by atoms with Gasteiger partial charge in [-0.2, -0.15) is 5.10 Å². The lowest BCUT2D eigenvalue weighted by Crippen LogP contribution is -2.17. The number of amides is 1. The molecule has 1 amide bonds.